The molecule has 0 saturated heterocycles. The average Bonchev–Trinajstić information content (AvgIpc) is 2.73. The Balaban J connectivity index is 1.63. The van der Waals surface area contributed by atoms with E-state index >= 15 is 0 Å². The average molecular weight is 385 g/mol. The maximum absolute atomic E-state index is 12.8. The highest BCUT2D eigenvalue weighted by molar-refractivity contribution is 5.99. The smallest absolute Gasteiger partial charge is 0.251 e. The summed E-state index contributed by atoms with van der Waals surface area (Å²) in [6.45, 7) is 4.08. The molecule has 3 aromatic rings. The van der Waals surface area contributed by atoms with Crippen molar-refractivity contribution >= 4 is 28.3 Å². The topological polar surface area (TPSA) is 73.2 Å². The van der Waals surface area contributed by atoms with Gasteiger partial charge in [0.2, 0.25) is 5.91 Å². The van der Waals surface area contributed by atoms with Crippen LogP contribution in [0.3, 0.4) is 0 Å². The largest absolute Gasteiger partial charge is 0.352 e. The third-order valence-corrected chi connectivity index (χ3v) is 4.67. The van der Waals surface area contributed by atoms with E-state index in [1.54, 1.807) is 29.2 Å². The summed E-state index contributed by atoms with van der Waals surface area (Å²) in [5.41, 5.74) is 1.76. The van der Waals surface area contributed by atoms with Crippen molar-refractivity contribution in [3.63, 3.8) is 0 Å². The lowest BCUT2D eigenvalue weighted by Gasteiger charge is -2.27. The van der Waals surface area contributed by atoms with E-state index in [1.165, 1.54) is 0 Å². The second-order valence-corrected chi connectivity index (χ2v) is 7.09. The van der Waals surface area contributed by atoms with Gasteiger partial charge in [-0.15, -0.1) is 0 Å². The van der Waals surface area contributed by atoms with Crippen molar-refractivity contribution in [1.82, 2.24) is 5.32 Å². The second-order valence-electron chi connectivity index (χ2n) is 7.09. The lowest BCUT2D eigenvalue weighted by Crippen LogP contribution is -2.39. The van der Waals surface area contributed by atoms with E-state index < -0.39 is 0 Å². The number of nitrogens with zero attached hydrogens (tertiary/aromatic N) is 2. The molecule has 0 aliphatic rings. The minimum absolute atomic E-state index is 0.0624. The summed E-state index contributed by atoms with van der Waals surface area (Å²) in [5, 5.41) is 14.0. The molecule has 3 aromatic carbocycles. The number of nitrogens with one attached hydrogen (secondary N) is 1. The van der Waals surface area contributed by atoms with Crippen molar-refractivity contribution in [3.05, 3.63) is 77.9 Å². The van der Waals surface area contributed by atoms with E-state index in [4.69, 9.17) is 5.26 Å². The first kappa shape index (κ1) is 20.1. The maximum Gasteiger partial charge on any atom is 0.251 e. The van der Waals surface area contributed by atoms with E-state index in [-0.39, 0.29) is 30.8 Å². The first-order valence-corrected chi connectivity index (χ1v) is 9.59. The normalized spacial score (nSPS) is 10.6. The first-order chi connectivity index (χ1) is 14.0. The number of hydrogen-bond acceptors (Lipinski definition) is 3. The van der Waals surface area contributed by atoms with Crippen LogP contribution < -0.4 is 10.2 Å². The Labute approximate surface area is 170 Å². The van der Waals surface area contributed by atoms with Gasteiger partial charge in [-0.05, 0) is 55.0 Å². The molecule has 5 nitrogen and oxygen atoms in total. The van der Waals surface area contributed by atoms with Gasteiger partial charge in [-0.3, -0.25) is 9.59 Å². The van der Waals surface area contributed by atoms with Crippen LogP contribution in [0.15, 0.2) is 66.7 Å². The molecule has 0 aromatic heterocycles. The molecule has 0 unspecified atom stereocenters. The fourth-order valence-electron chi connectivity index (χ4n) is 3.29. The summed E-state index contributed by atoms with van der Waals surface area (Å²) in [5.74, 6) is -0.306. The Bertz CT molecular complexity index is 1080. The fraction of sp³-hybridized carbons (Fsp3) is 0.208. The maximum atomic E-state index is 12.8. The van der Waals surface area contributed by atoms with Crippen LogP contribution in [0, 0.1) is 11.3 Å². The van der Waals surface area contributed by atoms with Crippen molar-refractivity contribution in [2.45, 2.75) is 26.3 Å². The molecule has 0 saturated carbocycles. The van der Waals surface area contributed by atoms with Gasteiger partial charge in [-0.1, -0.05) is 36.4 Å². The van der Waals surface area contributed by atoms with Gasteiger partial charge in [-0.2, -0.15) is 5.26 Å². The number of fused-ring (bicyclic) bond motifs is 1. The predicted octanol–water partition coefficient (Wildman–Crippen LogP) is 4.27. The number of nitriles is 1. The first-order valence-electron chi connectivity index (χ1n) is 9.59. The zero-order valence-electron chi connectivity index (χ0n) is 16.6. The molecule has 0 atom stereocenters. The Hall–Kier alpha value is -3.65. The third kappa shape index (κ3) is 4.80. The predicted molar refractivity (Wildman–Crippen MR) is 115 cm³/mol. The van der Waals surface area contributed by atoms with Gasteiger partial charge in [0.15, 0.2) is 0 Å². The van der Waals surface area contributed by atoms with Crippen molar-refractivity contribution in [1.29, 1.82) is 5.26 Å². The molecule has 146 valence electrons. The molecule has 3 rings (SSSR count). The fourth-order valence-corrected chi connectivity index (χ4v) is 3.29. The van der Waals surface area contributed by atoms with Crippen LogP contribution in [0.2, 0.25) is 0 Å². The van der Waals surface area contributed by atoms with Crippen molar-refractivity contribution in [2.24, 2.45) is 0 Å². The second kappa shape index (κ2) is 9.03. The summed E-state index contributed by atoms with van der Waals surface area (Å²) < 4.78 is 0. The summed E-state index contributed by atoms with van der Waals surface area (Å²) in [6, 6.07) is 22.4. The van der Waals surface area contributed by atoms with E-state index in [0.717, 1.165) is 10.8 Å². The molecule has 29 heavy (non-hydrogen) atoms. The molecule has 0 radical (unpaired) electrons. The van der Waals surface area contributed by atoms with Gasteiger partial charge in [0.1, 0.15) is 0 Å². The molecule has 5 heteroatoms. The van der Waals surface area contributed by atoms with E-state index in [0.29, 0.717) is 16.8 Å². The standard InChI is InChI=1S/C24H23N3O2/c1-17(2)27(22-9-5-6-18(14-22)16-25)23(28)12-13-26-24(29)21-11-10-19-7-3-4-8-20(19)15-21/h3-11,14-15,17H,12-13H2,1-2H3,(H,26,29). The molecule has 0 aliphatic carbocycles. The molecule has 2 amide bonds. The molecular formula is C24H23N3O2. The van der Waals surface area contributed by atoms with Crippen LogP contribution in [-0.4, -0.2) is 24.4 Å². The molecule has 0 aliphatic heterocycles. The van der Waals surface area contributed by atoms with Gasteiger partial charge in [0, 0.05) is 30.3 Å². The Kier molecular flexibility index (Phi) is 6.25. The van der Waals surface area contributed by atoms with Gasteiger partial charge in [-0.25, -0.2) is 0 Å². The lowest BCUT2D eigenvalue weighted by molar-refractivity contribution is -0.118. The number of anilines is 1. The molecule has 0 bridgehead atoms. The number of rotatable bonds is 6. The van der Waals surface area contributed by atoms with Crippen LogP contribution in [-0.2, 0) is 4.79 Å². The SMILES string of the molecule is CC(C)N(C(=O)CCNC(=O)c1ccc2ccccc2c1)c1cccc(C#N)c1. The number of amides is 2. The van der Waals surface area contributed by atoms with Crippen LogP contribution >= 0.6 is 0 Å². The van der Waals surface area contributed by atoms with Gasteiger partial charge in [0.25, 0.3) is 5.91 Å². The minimum atomic E-state index is -0.203. The van der Waals surface area contributed by atoms with Gasteiger partial charge in [0.05, 0.1) is 11.6 Å². The van der Waals surface area contributed by atoms with Gasteiger partial charge >= 0.3 is 0 Å². The summed E-state index contributed by atoms with van der Waals surface area (Å²) in [6.07, 6.45) is 0.175. The molecule has 0 heterocycles. The van der Waals surface area contributed by atoms with Crippen LogP contribution in [0.1, 0.15) is 36.2 Å². The number of carbonyl (C=O) groups is 2. The number of carbonyl (C=O) groups excluding carboxylic acids is 2. The van der Waals surface area contributed by atoms with Crippen LogP contribution in [0.25, 0.3) is 10.8 Å². The highest BCUT2D eigenvalue weighted by atomic mass is 16.2. The zero-order chi connectivity index (χ0) is 20.8. The van der Waals surface area contributed by atoms with Gasteiger partial charge < -0.3 is 10.2 Å². The minimum Gasteiger partial charge on any atom is -0.352 e. The van der Waals surface area contributed by atoms with Crippen molar-refractivity contribution < 1.29 is 9.59 Å². The summed E-state index contributed by atoms with van der Waals surface area (Å²) in [4.78, 5) is 26.9. The molecule has 0 spiro atoms. The van der Waals surface area contributed by atoms with Crippen LogP contribution in [0.4, 0.5) is 5.69 Å². The summed E-state index contributed by atoms with van der Waals surface area (Å²) in [7, 11) is 0. The van der Waals surface area contributed by atoms with E-state index in [9.17, 15) is 9.59 Å². The van der Waals surface area contributed by atoms with E-state index in [1.807, 2.05) is 56.3 Å². The summed E-state index contributed by atoms with van der Waals surface area (Å²) >= 11 is 0. The van der Waals surface area contributed by atoms with E-state index in [2.05, 4.69) is 11.4 Å². The van der Waals surface area contributed by atoms with Crippen LogP contribution in [0.5, 0.6) is 0 Å². The quantitative estimate of drug-likeness (QED) is 0.688. The molecule has 0 fully saturated rings. The highest BCUT2D eigenvalue weighted by Crippen LogP contribution is 2.20. The monoisotopic (exact) mass is 385 g/mol. The zero-order valence-corrected chi connectivity index (χ0v) is 16.6. The lowest BCUT2D eigenvalue weighted by atomic mass is 10.1. The number of benzene rings is 3. The van der Waals surface area contributed by atoms with Crippen molar-refractivity contribution in [2.75, 3.05) is 11.4 Å². The Morgan fingerprint density at radius 1 is 1.00 bits per heavy atom. The number of hydrogen-bond donors (Lipinski definition) is 1. The van der Waals surface area contributed by atoms with Crippen molar-refractivity contribution in [3.8, 4) is 6.07 Å². The highest BCUT2D eigenvalue weighted by Gasteiger charge is 2.19. The third-order valence-electron chi connectivity index (χ3n) is 4.67. The Morgan fingerprint density at radius 3 is 2.48 bits per heavy atom. The molecular weight excluding hydrogens is 362 g/mol. The molecule has 1 N–H and O–H groups in total. The Morgan fingerprint density at radius 2 is 1.76 bits per heavy atom.